The molecule has 0 radical (unpaired) electrons. The summed E-state index contributed by atoms with van der Waals surface area (Å²) in [6.45, 7) is 3.45. The van der Waals surface area contributed by atoms with E-state index in [2.05, 4.69) is 15.0 Å². The molecule has 1 fully saturated rings. The molecule has 1 unspecified atom stereocenters. The van der Waals surface area contributed by atoms with Crippen molar-refractivity contribution in [2.24, 2.45) is 13.0 Å². The molecule has 0 spiro atoms. The maximum atomic E-state index is 12.5. The second kappa shape index (κ2) is 7.26. The van der Waals surface area contributed by atoms with Crippen LogP contribution in [0.4, 0.5) is 0 Å². The zero-order valence-corrected chi connectivity index (χ0v) is 15.5. The van der Waals surface area contributed by atoms with Gasteiger partial charge in [-0.15, -0.1) is 0 Å². The number of carbonyl (C=O) groups is 1. The van der Waals surface area contributed by atoms with Gasteiger partial charge in [-0.25, -0.2) is 9.97 Å². The van der Waals surface area contributed by atoms with Crippen LogP contribution >= 0.6 is 0 Å². The first-order valence-corrected chi connectivity index (χ1v) is 9.11. The van der Waals surface area contributed by atoms with E-state index in [0.29, 0.717) is 11.6 Å². The van der Waals surface area contributed by atoms with E-state index in [1.807, 2.05) is 48.0 Å². The number of aryl methyl sites for hydroxylation is 1. The number of hydrogen-bond acceptors (Lipinski definition) is 5. The quantitative estimate of drug-likeness (QED) is 0.712. The Hall–Kier alpha value is -3.09. The minimum atomic E-state index is 0.00305. The van der Waals surface area contributed by atoms with Gasteiger partial charge in [-0.2, -0.15) is 0 Å². The summed E-state index contributed by atoms with van der Waals surface area (Å²) in [6, 6.07) is 5.43. The molecular formula is C20H22N6O. The van der Waals surface area contributed by atoms with E-state index in [1.165, 1.54) is 0 Å². The van der Waals surface area contributed by atoms with Gasteiger partial charge in [0, 0.05) is 32.5 Å². The van der Waals surface area contributed by atoms with Crippen molar-refractivity contribution in [2.45, 2.75) is 19.8 Å². The van der Waals surface area contributed by atoms with E-state index >= 15 is 0 Å². The zero-order valence-electron chi connectivity index (χ0n) is 15.5. The molecule has 1 saturated heterocycles. The van der Waals surface area contributed by atoms with Crippen LogP contribution in [-0.4, -0.2) is 48.4 Å². The van der Waals surface area contributed by atoms with E-state index in [4.69, 9.17) is 4.98 Å². The third kappa shape index (κ3) is 3.58. The molecular weight excluding hydrogens is 340 g/mol. The molecule has 1 atom stereocenters. The van der Waals surface area contributed by atoms with Gasteiger partial charge in [0.05, 0.1) is 23.8 Å². The summed E-state index contributed by atoms with van der Waals surface area (Å²) in [7, 11) is 1.98. The van der Waals surface area contributed by atoms with Crippen molar-refractivity contribution >= 4 is 5.91 Å². The fourth-order valence-corrected chi connectivity index (χ4v) is 3.50. The summed E-state index contributed by atoms with van der Waals surface area (Å²) < 4.78 is 2.01. The summed E-state index contributed by atoms with van der Waals surface area (Å²) in [5.74, 6) is 1.33. The Bertz CT molecular complexity index is 952. The normalized spacial score (nSPS) is 16.7. The molecule has 3 aromatic heterocycles. The number of aromatic nitrogens is 5. The molecule has 0 saturated carbocycles. The van der Waals surface area contributed by atoms with E-state index in [0.717, 1.165) is 48.8 Å². The molecule has 138 valence electrons. The summed E-state index contributed by atoms with van der Waals surface area (Å²) in [6.07, 6.45) is 8.84. The highest BCUT2D eigenvalue weighted by atomic mass is 16.2. The lowest BCUT2D eigenvalue weighted by Crippen LogP contribution is -2.29. The third-order valence-electron chi connectivity index (χ3n) is 5.12. The van der Waals surface area contributed by atoms with Crippen molar-refractivity contribution in [3.05, 3.63) is 60.2 Å². The van der Waals surface area contributed by atoms with Crippen molar-refractivity contribution in [3.8, 4) is 11.4 Å². The molecule has 7 nitrogen and oxygen atoms in total. The number of likely N-dealkylation sites (tertiary alicyclic amines) is 1. The molecule has 0 aliphatic carbocycles. The Labute approximate surface area is 158 Å². The summed E-state index contributed by atoms with van der Waals surface area (Å²) in [5.41, 5.74) is 3.24. The van der Waals surface area contributed by atoms with Crippen molar-refractivity contribution in [1.82, 2.24) is 29.4 Å². The van der Waals surface area contributed by atoms with Crippen LogP contribution in [0, 0.1) is 12.8 Å². The number of amides is 1. The van der Waals surface area contributed by atoms with Crippen molar-refractivity contribution in [3.63, 3.8) is 0 Å². The van der Waals surface area contributed by atoms with Crippen LogP contribution in [-0.2, 0) is 13.5 Å². The van der Waals surface area contributed by atoms with Gasteiger partial charge in [0.25, 0.3) is 5.91 Å². The van der Waals surface area contributed by atoms with E-state index in [-0.39, 0.29) is 5.91 Å². The molecule has 1 aliphatic heterocycles. The fraction of sp³-hybridized carbons (Fsp3) is 0.350. The number of pyridine rings is 1. The van der Waals surface area contributed by atoms with E-state index in [9.17, 15) is 4.79 Å². The Kier molecular flexibility index (Phi) is 4.66. The standard InChI is InChI=1S/C20H22N6O/c1-14-23-12-19(25(14)2)18-11-21-10-16(24-18)9-15-6-8-26(13-15)20(27)17-5-3-4-7-22-17/h3-5,7,10-12,15H,6,8-9,13H2,1-2H3. The molecule has 4 rings (SSSR count). The van der Waals surface area contributed by atoms with Crippen LogP contribution in [0.3, 0.4) is 0 Å². The van der Waals surface area contributed by atoms with Gasteiger partial charge in [0.2, 0.25) is 0 Å². The Balaban J connectivity index is 1.44. The first-order chi connectivity index (χ1) is 13.1. The molecule has 4 heterocycles. The number of hydrogen-bond donors (Lipinski definition) is 0. The minimum absolute atomic E-state index is 0.00305. The highest BCUT2D eigenvalue weighted by Crippen LogP contribution is 2.23. The predicted octanol–water partition coefficient (Wildman–Crippen LogP) is 2.29. The van der Waals surface area contributed by atoms with Gasteiger partial charge in [-0.05, 0) is 37.8 Å². The van der Waals surface area contributed by atoms with Gasteiger partial charge in [0.1, 0.15) is 17.2 Å². The summed E-state index contributed by atoms with van der Waals surface area (Å²) >= 11 is 0. The largest absolute Gasteiger partial charge is 0.337 e. The first kappa shape index (κ1) is 17.3. The lowest BCUT2D eigenvalue weighted by Gasteiger charge is -2.16. The highest BCUT2D eigenvalue weighted by molar-refractivity contribution is 5.92. The second-order valence-corrected chi connectivity index (χ2v) is 6.97. The summed E-state index contributed by atoms with van der Waals surface area (Å²) in [4.78, 5) is 32.1. The maximum absolute atomic E-state index is 12.5. The van der Waals surface area contributed by atoms with Gasteiger partial charge in [-0.1, -0.05) is 6.07 Å². The number of imidazole rings is 1. The van der Waals surface area contributed by atoms with Crippen molar-refractivity contribution in [1.29, 1.82) is 0 Å². The molecule has 7 heteroatoms. The predicted molar refractivity (Wildman–Crippen MR) is 101 cm³/mol. The molecule has 1 amide bonds. The fourth-order valence-electron chi connectivity index (χ4n) is 3.50. The number of carbonyl (C=O) groups excluding carboxylic acids is 1. The smallest absolute Gasteiger partial charge is 0.272 e. The third-order valence-corrected chi connectivity index (χ3v) is 5.12. The van der Waals surface area contributed by atoms with Crippen LogP contribution in [0.2, 0.25) is 0 Å². The van der Waals surface area contributed by atoms with Gasteiger partial charge >= 0.3 is 0 Å². The van der Waals surface area contributed by atoms with Crippen LogP contribution < -0.4 is 0 Å². The van der Waals surface area contributed by atoms with Crippen LogP contribution in [0.25, 0.3) is 11.4 Å². The molecule has 0 aromatic carbocycles. The Morgan fingerprint density at radius 1 is 1.22 bits per heavy atom. The Morgan fingerprint density at radius 3 is 2.85 bits per heavy atom. The zero-order chi connectivity index (χ0) is 18.8. The van der Waals surface area contributed by atoms with Gasteiger partial charge in [0.15, 0.2) is 0 Å². The second-order valence-electron chi connectivity index (χ2n) is 6.97. The average Bonchev–Trinajstić information content (AvgIpc) is 3.29. The first-order valence-electron chi connectivity index (χ1n) is 9.11. The van der Waals surface area contributed by atoms with Gasteiger partial charge < -0.3 is 9.47 Å². The average molecular weight is 362 g/mol. The SMILES string of the molecule is Cc1ncc(-c2cncc(CC3CCN(C(=O)c4ccccn4)C3)n2)n1C. The number of nitrogens with zero attached hydrogens (tertiary/aromatic N) is 6. The topological polar surface area (TPSA) is 76.8 Å². The minimum Gasteiger partial charge on any atom is -0.337 e. The van der Waals surface area contributed by atoms with Crippen LogP contribution in [0.5, 0.6) is 0 Å². The Morgan fingerprint density at radius 2 is 2.11 bits per heavy atom. The lowest BCUT2D eigenvalue weighted by atomic mass is 10.0. The van der Waals surface area contributed by atoms with E-state index < -0.39 is 0 Å². The molecule has 27 heavy (non-hydrogen) atoms. The molecule has 3 aromatic rings. The van der Waals surface area contributed by atoms with Crippen LogP contribution in [0.1, 0.15) is 28.4 Å². The van der Waals surface area contributed by atoms with E-state index in [1.54, 1.807) is 18.5 Å². The monoisotopic (exact) mass is 362 g/mol. The van der Waals surface area contributed by atoms with Gasteiger partial charge in [-0.3, -0.25) is 14.8 Å². The molecule has 0 bridgehead atoms. The van der Waals surface area contributed by atoms with Crippen molar-refractivity contribution in [2.75, 3.05) is 13.1 Å². The van der Waals surface area contributed by atoms with Crippen molar-refractivity contribution < 1.29 is 4.79 Å². The number of rotatable bonds is 4. The lowest BCUT2D eigenvalue weighted by molar-refractivity contribution is 0.0781. The molecule has 1 aliphatic rings. The molecule has 0 N–H and O–H groups in total. The highest BCUT2D eigenvalue weighted by Gasteiger charge is 2.28. The summed E-state index contributed by atoms with van der Waals surface area (Å²) in [5, 5.41) is 0. The maximum Gasteiger partial charge on any atom is 0.272 e. The van der Waals surface area contributed by atoms with Crippen LogP contribution in [0.15, 0.2) is 43.0 Å².